The van der Waals surface area contributed by atoms with Crippen molar-refractivity contribution in [3.05, 3.63) is 83.0 Å². The van der Waals surface area contributed by atoms with Crippen LogP contribution < -0.4 is 20.9 Å². The van der Waals surface area contributed by atoms with Gasteiger partial charge in [-0.05, 0) is 48.9 Å². The molecule has 0 saturated heterocycles. The summed E-state index contributed by atoms with van der Waals surface area (Å²) in [5, 5.41) is 17.2. The smallest absolute Gasteiger partial charge is 0.254 e. The van der Waals surface area contributed by atoms with E-state index >= 15 is 0 Å². The summed E-state index contributed by atoms with van der Waals surface area (Å²) >= 11 is 6.00. The number of nitrogens with zero attached hydrogens (tertiary/aromatic N) is 4. The second-order valence-electron chi connectivity index (χ2n) is 7.63. The first-order chi connectivity index (χ1) is 17.7. The molecule has 2 amide bonds. The van der Waals surface area contributed by atoms with Gasteiger partial charge in [-0.3, -0.25) is 9.59 Å². The Morgan fingerprint density at radius 3 is 2.70 bits per heavy atom. The van der Waals surface area contributed by atoms with Gasteiger partial charge >= 0.3 is 0 Å². The zero-order chi connectivity index (χ0) is 26.9. The van der Waals surface area contributed by atoms with E-state index in [1.165, 1.54) is 37.5 Å². The lowest BCUT2D eigenvalue weighted by molar-refractivity contribution is -0.113. The molecule has 3 rings (SSSR count). The van der Waals surface area contributed by atoms with Crippen LogP contribution in [0.4, 0.5) is 31.9 Å². The van der Waals surface area contributed by atoms with Crippen LogP contribution in [0.5, 0.6) is 0 Å². The minimum atomic E-state index is -0.763. The summed E-state index contributed by atoms with van der Waals surface area (Å²) in [6.45, 7) is 4.06. The third-order valence-electron chi connectivity index (χ3n) is 5.07. The van der Waals surface area contributed by atoms with Crippen molar-refractivity contribution in [2.45, 2.75) is 6.42 Å². The normalized spacial score (nSPS) is 10.2. The minimum Gasteiger partial charge on any atom is -0.354 e. The molecule has 12 heteroatoms. The maximum Gasteiger partial charge on any atom is 0.254 e. The molecule has 0 aliphatic rings. The van der Waals surface area contributed by atoms with Crippen LogP contribution in [0.25, 0.3) is 0 Å². The number of nitrogens with one attached hydrogen (secondary N) is 3. The van der Waals surface area contributed by atoms with Gasteiger partial charge in [0.1, 0.15) is 11.6 Å². The Hall–Kier alpha value is -4.56. The Kier molecular flexibility index (Phi) is 9.07. The molecule has 2 aromatic carbocycles. The molecule has 37 heavy (non-hydrogen) atoms. The third kappa shape index (κ3) is 6.99. The average Bonchev–Trinajstić information content (AvgIpc) is 2.89. The number of aromatic nitrogens is 2. The Morgan fingerprint density at radius 2 is 2.00 bits per heavy atom. The fourth-order valence-electron chi connectivity index (χ4n) is 3.16. The van der Waals surface area contributed by atoms with Crippen LogP contribution in [0.1, 0.15) is 22.3 Å². The van der Waals surface area contributed by atoms with Crippen LogP contribution in [0.2, 0.25) is 5.02 Å². The van der Waals surface area contributed by atoms with Crippen molar-refractivity contribution in [3.63, 3.8) is 0 Å². The molecule has 0 saturated carbocycles. The molecule has 0 bridgehead atoms. The number of hydrogen-bond donors (Lipinski definition) is 3. The Labute approximate surface area is 216 Å². The van der Waals surface area contributed by atoms with E-state index in [9.17, 15) is 18.4 Å². The zero-order valence-corrected chi connectivity index (χ0v) is 20.4. The van der Waals surface area contributed by atoms with Crippen molar-refractivity contribution >= 4 is 46.6 Å². The number of hydrogen-bond acceptors (Lipinski definition) is 7. The van der Waals surface area contributed by atoms with Gasteiger partial charge in [-0.25, -0.2) is 13.8 Å². The third-order valence-corrected chi connectivity index (χ3v) is 5.34. The predicted molar refractivity (Wildman–Crippen MR) is 137 cm³/mol. The molecule has 0 atom stereocenters. The minimum absolute atomic E-state index is 0.0322. The van der Waals surface area contributed by atoms with Gasteiger partial charge in [0, 0.05) is 32.0 Å². The molecule has 0 unspecified atom stereocenters. The van der Waals surface area contributed by atoms with E-state index in [4.69, 9.17) is 16.9 Å². The van der Waals surface area contributed by atoms with E-state index in [2.05, 4.69) is 32.5 Å². The van der Waals surface area contributed by atoms with Crippen LogP contribution in [0, 0.1) is 23.0 Å². The average molecular weight is 526 g/mol. The van der Waals surface area contributed by atoms with E-state index < -0.39 is 23.4 Å². The lowest BCUT2D eigenvalue weighted by Crippen LogP contribution is -2.26. The molecule has 0 spiro atoms. The molecule has 0 radical (unpaired) electrons. The number of likely N-dealkylation sites (N-methyl/N-ethyl adjacent to an activating group) is 1. The first-order valence-corrected chi connectivity index (χ1v) is 11.3. The van der Waals surface area contributed by atoms with Gasteiger partial charge in [-0.2, -0.15) is 10.2 Å². The fourth-order valence-corrected chi connectivity index (χ4v) is 3.38. The van der Waals surface area contributed by atoms with Crippen molar-refractivity contribution in [2.24, 2.45) is 0 Å². The van der Waals surface area contributed by atoms with Gasteiger partial charge in [0.25, 0.3) is 5.91 Å². The van der Waals surface area contributed by atoms with E-state index in [0.29, 0.717) is 30.4 Å². The van der Waals surface area contributed by atoms with Crippen molar-refractivity contribution in [1.29, 1.82) is 5.26 Å². The van der Waals surface area contributed by atoms with Crippen molar-refractivity contribution in [2.75, 3.05) is 35.7 Å². The molecule has 0 aliphatic heterocycles. The number of anilines is 4. The molecule has 1 heterocycles. The summed E-state index contributed by atoms with van der Waals surface area (Å²) in [5.74, 6) is -1.92. The monoisotopic (exact) mass is 525 g/mol. The van der Waals surface area contributed by atoms with Gasteiger partial charge in [0.05, 0.1) is 27.9 Å². The van der Waals surface area contributed by atoms with E-state index in [1.807, 2.05) is 6.07 Å². The number of halogens is 3. The van der Waals surface area contributed by atoms with E-state index in [1.54, 1.807) is 6.07 Å². The van der Waals surface area contributed by atoms with Crippen LogP contribution in [0.15, 0.2) is 55.3 Å². The molecule has 3 aromatic rings. The van der Waals surface area contributed by atoms with Crippen LogP contribution >= 0.6 is 11.6 Å². The quantitative estimate of drug-likeness (QED) is 0.265. The van der Waals surface area contributed by atoms with Crippen molar-refractivity contribution < 1.29 is 18.4 Å². The number of benzene rings is 2. The standard InChI is InChI=1S/C25H22ClF2N7O2/c1-3-22(36)35(2)20-13-16(12-18(26)23(20)28)33-21-7-10-32-25(34-21)31-9-4-8-30-24(37)17-6-5-15(14-29)11-19(17)27/h3,5-7,10-13H,1,4,8-9H2,2H3,(H,30,37)(H2,31,32,33,34). The molecular formula is C25H22ClF2N7O2. The van der Waals surface area contributed by atoms with Crippen LogP contribution in [-0.2, 0) is 4.79 Å². The zero-order valence-electron chi connectivity index (χ0n) is 19.7. The molecule has 3 N–H and O–H groups in total. The lowest BCUT2D eigenvalue weighted by Gasteiger charge is -2.18. The van der Waals surface area contributed by atoms with Gasteiger partial charge in [-0.15, -0.1) is 0 Å². The van der Waals surface area contributed by atoms with Gasteiger partial charge in [0.15, 0.2) is 5.82 Å². The number of nitriles is 1. The summed E-state index contributed by atoms with van der Waals surface area (Å²) in [4.78, 5) is 33.6. The summed E-state index contributed by atoms with van der Waals surface area (Å²) < 4.78 is 28.4. The highest BCUT2D eigenvalue weighted by Crippen LogP contribution is 2.31. The van der Waals surface area contributed by atoms with Gasteiger partial charge < -0.3 is 20.9 Å². The van der Waals surface area contributed by atoms with Gasteiger partial charge in [0.2, 0.25) is 11.9 Å². The lowest BCUT2D eigenvalue weighted by atomic mass is 10.1. The second-order valence-corrected chi connectivity index (χ2v) is 8.03. The summed E-state index contributed by atoms with van der Waals surface area (Å²) in [6.07, 6.45) is 3.06. The molecule has 1 aromatic heterocycles. The number of carbonyl (C=O) groups excluding carboxylic acids is 2. The SMILES string of the molecule is C=CC(=O)N(C)c1cc(Nc2ccnc(NCCCNC(=O)c3ccc(C#N)cc3F)n2)cc(Cl)c1F. The predicted octanol–water partition coefficient (Wildman–Crippen LogP) is 4.40. The Morgan fingerprint density at radius 1 is 1.22 bits per heavy atom. The molecule has 0 fully saturated rings. The number of amides is 2. The van der Waals surface area contributed by atoms with E-state index in [-0.39, 0.29) is 28.4 Å². The summed E-state index contributed by atoms with van der Waals surface area (Å²) in [6, 6.07) is 9.82. The topological polar surface area (TPSA) is 123 Å². The highest BCUT2D eigenvalue weighted by molar-refractivity contribution is 6.31. The summed E-state index contributed by atoms with van der Waals surface area (Å²) in [7, 11) is 1.40. The Balaban J connectivity index is 1.55. The van der Waals surface area contributed by atoms with E-state index in [0.717, 1.165) is 17.0 Å². The largest absolute Gasteiger partial charge is 0.354 e. The second kappa shape index (κ2) is 12.4. The fraction of sp³-hybridized carbons (Fsp3) is 0.160. The maximum atomic E-state index is 14.5. The number of rotatable bonds is 10. The highest BCUT2D eigenvalue weighted by Gasteiger charge is 2.17. The first kappa shape index (κ1) is 27.0. The Bertz CT molecular complexity index is 1380. The summed E-state index contributed by atoms with van der Waals surface area (Å²) in [5.41, 5.74) is 0.356. The molecule has 190 valence electrons. The number of carbonyl (C=O) groups is 2. The molecule has 9 nitrogen and oxygen atoms in total. The van der Waals surface area contributed by atoms with Crippen LogP contribution in [-0.4, -0.2) is 41.9 Å². The maximum absolute atomic E-state index is 14.5. The van der Waals surface area contributed by atoms with Gasteiger partial charge in [-0.1, -0.05) is 18.2 Å². The molecular weight excluding hydrogens is 504 g/mol. The molecule has 0 aliphatic carbocycles. The first-order valence-electron chi connectivity index (χ1n) is 10.9. The van der Waals surface area contributed by atoms with Crippen molar-refractivity contribution in [1.82, 2.24) is 15.3 Å². The highest BCUT2D eigenvalue weighted by atomic mass is 35.5. The van der Waals surface area contributed by atoms with Crippen molar-refractivity contribution in [3.8, 4) is 6.07 Å². The van der Waals surface area contributed by atoms with Crippen LogP contribution in [0.3, 0.4) is 0 Å².